The van der Waals surface area contributed by atoms with E-state index in [-0.39, 0.29) is 16.7 Å². The van der Waals surface area contributed by atoms with Crippen LogP contribution >= 0.6 is 23.8 Å². The highest BCUT2D eigenvalue weighted by molar-refractivity contribution is 7.80. The zero-order valence-electron chi connectivity index (χ0n) is 16.1. The van der Waals surface area contributed by atoms with Gasteiger partial charge in [0.05, 0.1) is 13.1 Å². The zero-order chi connectivity index (χ0) is 21.8. The number of thiocarbonyl (C=S) groups is 1. The first-order valence-corrected chi connectivity index (χ1v) is 10.1. The fraction of sp³-hybridized carbons (Fsp3) is 0.0952. The lowest BCUT2D eigenvalue weighted by molar-refractivity contribution is 0.586. The summed E-state index contributed by atoms with van der Waals surface area (Å²) < 4.78 is 30.1. The Hall–Kier alpha value is -3.30. The highest BCUT2D eigenvalue weighted by atomic mass is 35.5. The zero-order valence-corrected chi connectivity index (χ0v) is 17.7. The van der Waals surface area contributed by atoms with Crippen molar-refractivity contribution in [2.75, 3.05) is 10.6 Å². The van der Waals surface area contributed by atoms with Crippen LogP contribution in [0.3, 0.4) is 0 Å². The summed E-state index contributed by atoms with van der Waals surface area (Å²) in [5.74, 6) is 0.302. The van der Waals surface area contributed by atoms with Crippen molar-refractivity contribution in [2.45, 2.75) is 13.1 Å². The van der Waals surface area contributed by atoms with E-state index in [0.29, 0.717) is 35.3 Å². The van der Waals surface area contributed by atoms with Gasteiger partial charge in [-0.1, -0.05) is 41.9 Å². The quantitative estimate of drug-likeness (QED) is 0.402. The van der Waals surface area contributed by atoms with Gasteiger partial charge in [0.1, 0.15) is 16.7 Å². The maximum absolute atomic E-state index is 13.8. The number of hydrogen-bond acceptors (Lipinski definition) is 3. The minimum Gasteiger partial charge on any atom is -0.316 e. The molecule has 158 valence electrons. The van der Waals surface area contributed by atoms with Crippen LogP contribution in [0, 0.1) is 11.6 Å². The fourth-order valence-corrected chi connectivity index (χ4v) is 3.31. The predicted molar refractivity (Wildman–Crippen MR) is 120 cm³/mol. The third-order valence-electron chi connectivity index (χ3n) is 4.38. The highest BCUT2D eigenvalue weighted by Crippen LogP contribution is 2.20. The van der Waals surface area contributed by atoms with Crippen LogP contribution in [-0.2, 0) is 13.1 Å². The third kappa shape index (κ3) is 5.44. The highest BCUT2D eigenvalue weighted by Gasteiger charge is 2.11. The number of aromatic nitrogens is 4. The van der Waals surface area contributed by atoms with E-state index >= 15 is 0 Å². The van der Waals surface area contributed by atoms with Gasteiger partial charge in [-0.05, 0) is 36.0 Å². The molecule has 0 aliphatic rings. The number of nitrogens with zero attached hydrogens (tertiary/aromatic N) is 4. The lowest BCUT2D eigenvalue weighted by Gasteiger charge is -2.07. The predicted octanol–water partition coefficient (Wildman–Crippen LogP) is 4.92. The van der Waals surface area contributed by atoms with E-state index in [1.165, 1.54) is 18.2 Å². The number of rotatable bonds is 6. The van der Waals surface area contributed by atoms with E-state index in [4.69, 9.17) is 23.8 Å². The van der Waals surface area contributed by atoms with Crippen LogP contribution in [0.2, 0.25) is 5.02 Å². The molecule has 0 fully saturated rings. The first-order chi connectivity index (χ1) is 15.0. The van der Waals surface area contributed by atoms with E-state index in [9.17, 15) is 8.78 Å². The van der Waals surface area contributed by atoms with Gasteiger partial charge in [-0.3, -0.25) is 9.36 Å². The van der Waals surface area contributed by atoms with Crippen molar-refractivity contribution in [3.8, 4) is 0 Å². The van der Waals surface area contributed by atoms with Gasteiger partial charge in [0, 0.05) is 24.0 Å². The Bertz CT molecular complexity index is 1200. The molecular formula is C21H17ClF2N6S. The Morgan fingerprint density at radius 1 is 0.935 bits per heavy atom. The number of anilines is 2. The fourth-order valence-electron chi connectivity index (χ4n) is 2.91. The van der Waals surface area contributed by atoms with Crippen LogP contribution < -0.4 is 10.6 Å². The minimum atomic E-state index is -0.294. The molecule has 0 saturated carbocycles. The van der Waals surface area contributed by atoms with E-state index in [0.717, 1.165) is 5.56 Å². The lowest BCUT2D eigenvalue weighted by Crippen LogP contribution is -2.20. The molecule has 0 unspecified atom stereocenters. The average molecular weight is 459 g/mol. The van der Waals surface area contributed by atoms with Gasteiger partial charge in [-0.25, -0.2) is 8.78 Å². The molecule has 0 radical (unpaired) electrons. The van der Waals surface area contributed by atoms with E-state index in [1.807, 2.05) is 0 Å². The molecule has 4 aromatic rings. The molecule has 0 saturated heterocycles. The van der Waals surface area contributed by atoms with Crippen molar-refractivity contribution in [2.24, 2.45) is 0 Å². The topological polar surface area (TPSA) is 59.7 Å². The molecule has 2 N–H and O–H groups in total. The molecular weight excluding hydrogens is 442 g/mol. The summed E-state index contributed by atoms with van der Waals surface area (Å²) in [7, 11) is 0. The molecule has 0 bridgehead atoms. The molecule has 2 aromatic heterocycles. The Balaban J connectivity index is 1.36. The molecule has 6 nitrogen and oxygen atoms in total. The number of benzene rings is 2. The van der Waals surface area contributed by atoms with Crippen LogP contribution in [0.4, 0.5) is 20.4 Å². The van der Waals surface area contributed by atoms with Crippen molar-refractivity contribution in [1.82, 2.24) is 19.6 Å². The molecule has 0 amide bonds. The molecule has 4 rings (SSSR count). The monoisotopic (exact) mass is 458 g/mol. The summed E-state index contributed by atoms with van der Waals surface area (Å²) in [6.07, 6.45) is 3.38. The van der Waals surface area contributed by atoms with E-state index in [1.54, 1.807) is 58.2 Å². The van der Waals surface area contributed by atoms with Crippen molar-refractivity contribution in [1.29, 1.82) is 0 Å². The maximum atomic E-state index is 13.8. The number of nitrogens with one attached hydrogen (secondary N) is 2. The second kappa shape index (κ2) is 9.23. The SMILES string of the molecule is Fc1ccc(Cn2cc(Cl)c(NC(=S)Nc3ccn(Cc4ccccc4F)n3)n2)cc1. The van der Waals surface area contributed by atoms with Crippen LogP contribution in [0.1, 0.15) is 11.1 Å². The maximum Gasteiger partial charge on any atom is 0.177 e. The second-order valence-corrected chi connectivity index (χ2v) is 7.53. The molecule has 31 heavy (non-hydrogen) atoms. The molecule has 0 atom stereocenters. The van der Waals surface area contributed by atoms with Gasteiger partial charge in [-0.15, -0.1) is 0 Å². The molecule has 2 aromatic carbocycles. The summed E-state index contributed by atoms with van der Waals surface area (Å²) >= 11 is 11.6. The smallest absolute Gasteiger partial charge is 0.177 e. The van der Waals surface area contributed by atoms with Crippen LogP contribution in [0.15, 0.2) is 67.0 Å². The minimum absolute atomic E-state index is 0.255. The van der Waals surface area contributed by atoms with Crippen molar-refractivity contribution >= 4 is 40.6 Å². The van der Waals surface area contributed by atoms with Gasteiger partial charge < -0.3 is 10.6 Å². The standard InChI is InChI=1S/C21H17ClF2N6S/c22-17-13-30(11-14-5-7-16(23)8-6-14)28-20(17)26-21(31)25-19-9-10-29(27-19)12-15-3-1-2-4-18(15)24/h1-10,13H,11-12H2,(H2,25,26,27,28,31). The second-order valence-electron chi connectivity index (χ2n) is 6.72. The summed E-state index contributed by atoms with van der Waals surface area (Å²) in [4.78, 5) is 0. The molecule has 10 heteroatoms. The first kappa shape index (κ1) is 21.0. The molecule has 2 heterocycles. The van der Waals surface area contributed by atoms with Crippen LogP contribution in [0.25, 0.3) is 0 Å². The van der Waals surface area contributed by atoms with Gasteiger partial charge in [-0.2, -0.15) is 10.2 Å². The Labute approximate surface area is 187 Å². The third-order valence-corrected chi connectivity index (χ3v) is 4.86. The van der Waals surface area contributed by atoms with E-state index < -0.39 is 0 Å². The molecule has 0 aliphatic heterocycles. The van der Waals surface area contributed by atoms with Gasteiger partial charge >= 0.3 is 0 Å². The summed E-state index contributed by atoms with van der Waals surface area (Å²) in [6, 6.07) is 14.4. The van der Waals surface area contributed by atoms with Crippen LogP contribution in [0.5, 0.6) is 0 Å². The van der Waals surface area contributed by atoms with Gasteiger partial charge in [0.2, 0.25) is 0 Å². The Morgan fingerprint density at radius 3 is 2.48 bits per heavy atom. The summed E-state index contributed by atoms with van der Waals surface area (Å²) in [5, 5.41) is 15.2. The van der Waals surface area contributed by atoms with Crippen LogP contribution in [-0.4, -0.2) is 24.7 Å². The summed E-state index contributed by atoms with van der Waals surface area (Å²) in [6.45, 7) is 0.733. The molecule has 0 spiro atoms. The van der Waals surface area contributed by atoms with E-state index in [2.05, 4.69) is 20.8 Å². The van der Waals surface area contributed by atoms with Gasteiger partial charge in [0.25, 0.3) is 0 Å². The van der Waals surface area contributed by atoms with Crippen molar-refractivity contribution in [3.05, 3.63) is 94.8 Å². The number of hydrogen-bond donors (Lipinski definition) is 2. The Morgan fingerprint density at radius 2 is 1.71 bits per heavy atom. The van der Waals surface area contributed by atoms with Gasteiger partial charge in [0.15, 0.2) is 16.7 Å². The van der Waals surface area contributed by atoms with Crippen molar-refractivity contribution < 1.29 is 8.78 Å². The average Bonchev–Trinajstić information content (AvgIpc) is 3.31. The first-order valence-electron chi connectivity index (χ1n) is 9.28. The lowest BCUT2D eigenvalue weighted by atomic mass is 10.2. The number of halogens is 3. The normalized spacial score (nSPS) is 10.8. The largest absolute Gasteiger partial charge is 0.316 e. The summed E-state index contributed by atoms with van der Waals surface area (Å²) in [5.41, 5.74) is 1.42. The Kier molecular flexibility index (Phi) is 6.24. The van der Waals surface area contributed by atoms with Crippen molar-refractivity contribution in [3.63, 3.8) is 0 Å². The molecule has 0 aliphatic carbocycles.